The van der Waals surface area contributed by atoms with Crippen LogP contribution in [-0.4, -0.2) is 48.6 Å². The Morgan fingerprint density at radius 3 is 3.24 bits per heavy atom. The third-order valence-corrected chi connectivity index (χ3v) is 4.40. The Bertz CT molecular complexity index is 466. The molecule has 1 aromatic rings. The lowest BCUT2D eigenvalue weighted by molar-refractivity contribution is -0.118. The SMILES string of the molecule is COCC(N)C(=O)Nc1nc(CN2CCCC(C)C2)cs1. The maximum atomic E-state index is 11.8. The van der Waals surface area contributed by atoms with Crippen molar-refractivity contribution < 1.29 is 9.53 Å². The van der Waals surface area contributed by atoms with E-state index < -0.39 is 6.04 Å². The molecule has 1 aliphatic rings. The van der Waals surface area contributed by atoms with Crippen molar-refractivity contribution in [2.24, 2.45) is 11.7 Å². The van der Waals surface area contributed by atoms with Gasteiger partial charge in [0.05, 0.1) is 12.3 Å². The molecule has 0 bridgehead atoms. The van der Waals surface area contributed by atoms with E-state index in [1.54, 1.807) is 0 Å². The van der Waals surface area contributed by atoms with Crippen LogP contribution in [0.2, 0.25) is 0 Å². The van der Waals surface area contributed by atoms with Gasteiger partial charge in [-0.15, -0.1) is 11.3 Å². The third-order valence-electron chi connectivity index (χ3n) is 3.59. The quantitative estimate of drug-likeness (QED) is 0.827. The summed E-state index contributed by atoms with van der Waals surface area (Å²) in [6, 6.07) is -0.662. The van der Waals surface area contributed by atoms with Gasteiger partial charge in [0.15, 0.2) is 5.13 Å². The number of piperidine rings is 1. The summed E-state index contributed by atoms with van der Waals surface area (Å²) >= 11 is 1.44. The van der Waals surface area contributed by atoms with Gasteiger partial charge in [-0.25, -0.2) is 4.98 Å². The number of carbonyl (C=O) groups is 1. The van der Waals surface area contributed by atoms with Crippen LogP contribution in [0.15, 0.2) is 5.38 Å². The van der Waals surface area contributed by atoms with E-state index in [1.165, 1.54) is 31.3 Å². The molecule has 7 heteroatoms. The second-order valence-corrected chi connectivity index (χ2v) is 6.54. The third kappa shape index (κ3) is 5.03. The van der Waals surface area contributed by atoms with E-state index >= 15 is 0 Å². The van der Waals surface area contributed by atoms with Gasteiger partial charge in [0.1, 0.15) is 6.04 Å². The number of carbonyl (C=O) groups excluding carboxylic acids is 1. The highest BCUT2D eigenvalue weighted by molar-refractivity contribution is 7.13. The lowest BCUT2D eigenvalue weighted by Crippen LogP contribution is -2.39. The van der Waals surface area contributed by atoms with E-state index in [9.17, 15) is 4.79 Å². The minimum atomic E-state index is -0.662. The van der Waals surface area contributed by atoms with Gasteiger partial charge in [0.25, 0.3) is 0 Å². The lowest BCUT2D eigenvalue weighted by Gasteiger charge is -2.30. The summed E-state index contributed by atoms with van der Waals surface area (Å²) in [5.41, 5.74) is 6.68. The van der Waals surface area contributed by atoms with Gasteiger partial charge in [-0.2, -0.15) is 0 Å². The minimum Gasteiger partial charge on any atom is -0.383 e. The van der Waals surface area contributed by atoms with Gasteiger partial charge >= 0.3 is 0 Å². The molecule has 2 atom stereocenters. The number of thiazole rings is 1. The molecule has 0 spiro atoms. The molecule has 0 aromatic carbocycles. The van der Waals surface area contributed by atoms with E-state index in [2.05, 4.69) is 22.1 Å². The molecule has 6 nitrogen and oxygen atoms in total. The van der Waals surface area contributed by atoms with Crippen LogP contribution in [0.4, 0.5) is 5.13 Å². The average Bonchev–Trinajstić information content (AvgIpc) is 2.86. The lowest BCUT2D eigenvalue weighted by atomic mass is 10.0. The molecule has 1 aromatic heterocycles. The van der Waals surface area contributed by atoms with E-state index in [-0.39, 0.29) is 12.5 Å². The van der Waals surface area contributed by atoms with Crippen LogP contribution in [0.1, 0.15) is 25.5 Å². The van der Waals surface area contributed by atoms with Crippen molar-refractivity contribution in [3.05, 3.63) is 11.1 Å². The number of likely N-dealkylation sites (tertiary alicyclic amines) is 1. The summed E-state index contributed by atoms with van der Waals surface area (Å²) in [4.78, 5) is 18.7. The van der Waals surface area contributed by atoms with Crippen LogP contribution in [0, 0.1) is 5.92 Å². The number of rotatable bonds is 6. The Morgan fingerprint density at radius 1 is 1.71 bits per heavy atom. The number of ether oxygens (including phenoxy) is 1. The Kier molecular flexibility index (Phi) is 6.10. The van der Waals surface area contributed by atoms with Gasteiger partial charge in [-0.1, -0.05) is 6.92 Å². The first-order chi connectivity index (χ1) is 10.1. The topological polar surface area (TPSA) is 80.5 Å². The highest BCUT2D eigenvalue weighted by Gasteiger charge is 2.18. The van der Waals surface area contributed by atoms with Crippen molar-refractivity contribution in [3.8, 4) is 0 Å². The van der Waals surface area contributed by atoms with Crippen molar-refractivity contribution in [2.75, 3.05) is 32.1 Å². The van der Waals surface area contributed by atoms with Crippen molar-refractivity contribution in [1.82, 2.24) is 9.88 Å². The Labute approximate surface area is 129 Å². The molecule has 0 aliphatic carbocycles. The van der Waals surface area contributed by atoms with Crippen molar-refractivity contribution in [2.45, 2.75) is 32.4 Å². The molecule has 2 heterocycles. The summed E-state index contributed by atoms with van der Waals surface area (Å²) in [5, 5.41) is 5.34. The molecule has 1 amide bonds. The predicted octanol–water partition coefficient (Wildman–Crippen LogP) is 1.29. The Hall–Kier alpha value is -1.02. The molecule has 3 N–H and O–H groups in total. The second kappa shape index (κ2) is 7.84. The van der Waals surface area contributed by atoms with Crippen LogP contribution in [0.5, 0.6) is 0 Å². The summed E-state index contributed by atoms with van der Waals surface area (Å²) in [5.74, 6) is 0.493. The predicted molar refractivity (Wildman–Crippen MR) is 84.3 cm³/mol. The first-order valence-corrected chi connectivity index (χ1v) is 8.18. The van der Waals surface area contributed by atoms with Gasteiger partial charge in [0, 0.05) is 25.6 Å². The number of nitrogens with one attached hydrogen (secondary N) is 1. The van der Waals surface area contributed by atoms with Gasteiger partial charge in [0.2, 0.25) is 5.91 Å². The zero-order valence-corrected chi connectivity index (χ0v) is 13.5. The summed E-state index contributed by atoms with van der Waals surface area (Å²) in [6.45, 7) is 5.59. The molecule has 0 radical (unpaired) electrons. The molecule has 21 heavy (non-hydrogen) atoms. The van der Waals surface area contributed by atoms with E-state index in [0.29, 0.717) is 5.13 Å². The fraction of sp³-hybridized carbons (Fsp3) is 0.714. The first-order valence-electron chi connectivity index (χ1n) is 7.30. The molecule has 2 unspecified atom stereocenters. The van der Waals surface area contributed by atoms with Gasteiger partial charge in [-0.3, -0.25) is 9.69 Å². The van der Waals surface area contributed by atoms with E-state index in [4.69, 9.17) is 10.5 Å². The number of methoxy groups -OCH3 is 1. The van der Waals surface area contributed by atoms with Crippen molar-refractivity contribution in [1.29, 1.82) is 0 Å². The maximum Gasteiger partial charge on any atom is 0.245 e. The van der Waals surface area contributed by atoms with E-state index in [0.717, 1.165) is 31.2 Å². The summed E-state index contributed by atoms with van der Waals surface area (Å²) in [7, 11) is 1.52. The molecule has 0 saturated carbocycles. The number of nitrogens with two attached hydrogens (primary N) is 1. The zero-order chi connectivity index (χ0) is 15.2. The monoisotopic (exact) mass is 312 g/mol. The van der Waals surface area contributed by atoms with Crippen LogP contribution >= 0.6 is 11.3 Å². The fourth-order valence-electron chi connectivity index (χ4n) is 2.55. The maximum absolute atomic E-state index is 11.8. The van der Waals surface area contributed by atoms with Crippen molar-refractivity contribution in [3.63, 3.8) is 0 Å². The Balaban J connectivity index is 1.85. The average molecular weight is 312 g/mol. The minimum absolute atomic E-state index is 0.204. The van der Waals surface area contributed by atoms with Crippen LogP contribution in [0.25, 0.3) is 0 Å². The zero-order valence-electron chi connectivity index (χ0n) is 12.7. The van der Waals surface area contributed by atoms with Crippen LogP contribution in [0.3, 0.4) is 0 Å². The number of hydrogen-bond donors (Lipinski definition) is 2. The molecule has 2 rings (SSSR count). The van der Waals surface area contributed by atoms with Crippen molar-refractivity contribution >= 4 is 22.4 Å². The Morgan fingerprint density at radius 2 is 2.52 bits per heavy atom. The smallest absolute Gasteiger partial charge is 0.245 e. The number of amides is 1. The first kappa shape index (κ1) is 16.4. The highest BCUT2D eigenvalue weighted by Crippen LogP contribution is 2.20. The van der Waals surface area contributed by atoms with E-state index in [1.807, 2.05) is 5.38 Å². The fourth-order valence-corrected chi connectivity index (χ4v) is 3.25. The molecular weight excluding hydrogens is 288 g/mol. The van der Waals surface area contributed by atoms with Crippen LogP contribution < -0.4 is 11.1 Å². The molecule has 118 valence electrons. The summed E-state index contributed by atoms with van der Waals surface area (Å²) < 4.78 is 4.87. The number of nitrogens with zero attached hydrogens (tertiary/aromatic N) is 2. The number of aromatic nitrogens is 1. The second-order valence-electron chi connectivity index (χ2n) is 5.68. The van der Waals surface area contributed by atoms with Gasteiger partial charge in [-0.05, 0) is 25.3 Å². The van der Waals surface area contributed by atoms with Gasteiger partial charge < -0.3 is 15.8 Å². The molecule has 1 saturated heterocycles. The summed E-state index contributed by atoms with van der Waals surface area (Å²) in [6.07, 6.45) is 2.56. The number of anilines is 1. The highest BCUT2D eigenvalue weighted by atomic mass is 32.1. The van der Waals surface area contributed by atoms with Crippen LogP contribution in [-0.2, 0) is 16.1 Å². The molecular formula is C14H24N4O2S. The molecule has 1 fully saturated rings. The standard InChI is InChI=1S/C14H24N4O2S/c1-10-4-3-5-18(6-10)7-11-9-21-14(16-11)17-13(19)12(15)8-20-2/h9-10,12H,3-8,15H2,1-2H3,(H,16,17,19). The normalized spacial score (nSPS) is 21.2. The largest absolute Gasteiger partial charge is 0.383 e. The molecule has 1 aliphatic heterocycles. The number of hydrogen-bond acceptors (Lipinski definition) is 6.